The molecule has 0 fully saturated rings. The van der Waals surface area contributed by atoms with Gasteiger partial charge in [-0.2, -0.15) is 5.10 Å². The number of benzene rings is 4. The Kier molecular flexibility index (Phi) is 7.43. The second-order valence-electron chi connectivity index (χ2n) is 7.72. The molecule has 4 rings (SSSR count). The fourth-order valence-electron chi connectivity index (χ4n) is 3.32. The molecule has 176 valence electrons. The third kappa shape index (κ3) is 6.23. The van der Waals surface area contributed by atoms with E-state index < -0.39 is 15.9 Å². The number of hydrazone groups is 1. The summed E-state index contributed by atoms with van der Waals surface area (Å²) in [6.45, 7) is 1.82. The van der Waals surface area contributed by atoms with Crippen LogP contribution >= 0.6 is 15.9 Å². The molecule has 0 aliphatic carbocycles. The van der Waals surface area contributed by atoms with Crippen molar-refractivity contribution in [3.8, 4) is 11.1 Å². The lowest BCUT2D eigenvalue weighted by Gasteiger charge is -2.09. The highest BCUT2D eigenvalue weighted by Crippen LogP contribution is 2.20. The Hall–Kier alpha value is -3.75. The number of anilines is 1. The molecule has 0 saturated heterocycles. The van der Waals surface area contributed by atoms with Crippen molar-refractivity contribution in [1.82, 2.24) is 5.43 Å². The zero-order chi connectivity index (χ0) is 24.8. The van der Waals surface area contributed by atoms with Crippen molar-refractivity contribution in [2.45, 2.75) is 11.8 Å². The van der Waals surface area contributed by atoms with E-state index in [2.05, 4.69) is 31.2 Å². The molecule has 8 heteroatoms. The number of rotatable bonds is 7. The smallest absolute Gasteiger partial charge is 0.271 e. The molecule has 4 aromatic carbocycles. The lowest BCUT2D eigenvalue weighted by Crippen LogP contribution is -2.19. The Morgan fingerprint density at radius 3 is 1.94 bits per heavy atom. The average Bonchev–Trinajstić information content (AvgIpc) is 2.88. The van der Waals surface area contributed by atoms with Crippen LogP contribution in [-0.2, 0) is 10.0 Å². The minimum Gasteiger partial charge on any atom is -0.280 e. The van der Waals surface area contributed by atoms with Crippen LogP contribution in [0.15, 0.2) is 118 Å². The monoisotopic (exact) mass is 547 g/mol. The van der Waals surface area contributed by atoms with Crippen LogP contribution in [0, 0.1) is 0 Å². The van der Waals surface area contributed by atoms with Gasteiger partial charge >= 0.3 is 0 Å². The lowest BCUT2D eigenvalue weighted by molar-refractivity contribution is 0.0955. The molecule has 0 unspecified atom stereocenters. The Bertz CT molecular complexity index is 1450. The average molecular weight is 548 g/mol. The quantitative estimate of drug-likeness (QED) is 0.217. The zero-order valence-electron chi connectivity index (χ0n) is 18.8. The first-order valence-electron chi connectivity index (χ1n) is 10.7. The molecule has 4 aromatic rings. The van der Waals surface area contributed by atoms with Crippen LogP contribution in [0.4, 0.5) is 5.69 Å². The molecule has 6 nitrogen and oxygen atoms in total. The first-order valence-corrected chi connectivity index (χ1v) is 13.0. The van der Waals surface area contributed by atoms with Crippen LogP contribution < -0.4 is 10.1 Å². The third-order valence-electron chi connectivity index (χ3n) is 5.26. The van der Waals surface area contributed by atoms with Crippen molar-refractivity contribution in [2.24, 2.45) is 5.10 Å². The molecular formula is C27H22BrN3O3S. The molecule has 0 bridgehead atoms. The Balaban J connectivity index is 1.38. The Labute approximate surface area is 212 Å². The van der Waals surface area contributed by atoms with E-state index in [0.717, 1.165) is 21.2 Å². The predicted octanol–water partition coefficient (Wildman–Crippen LogP) is 6.07. The lowest BCUT2D eigenvalue weighted by atomic mass is 10.0. The summed E-state index contributed by atoms with van der Waals surface area (Å²) in [5.41, 5.74) is 7.04. The van der Waals surface area contributed by atoms with E-state index in [4.69, 9.17) is 0 Å². The standard InChI is InChI=1S/C27H22BrN3O3S/c1-19(20-7-9-22(10-8-20)21-5-3-2-4-6-21)29-30-27(32)23-11-15-25(16-12-23)31-35(33,34)26-17-13-24(28)14-18-26/h2-18,31H,1H3,(H,30,32). The topological polar surface area (TPSA) is 87.6 Å². The number of carbonyl (C=O) groups is 1. The van der Waals surface area contributed by atoms with Gasteiger partial charge in [-0.15, -0.1) is 0 Å². The minimum absolute atomic E-state index is 0.143. The van der Waals surface area contributed by atoms with Gasteiger partial charge in [0.05, 0.1) is 10.6 Å². The van der Waals surface area contributed by atoms with Gasteiger partial charge in [-0.1, -0.05) is 70.5 Å². The highest BCUT2D eigenvalue weighted by atomic mass is 79.9. The number of halogens is 1. The molecule has 0 aliphatic heterocycles. The maximum absolute atomic E-state index is 12.5. The van der Waals surface area contributed by atoms with Gasteiger partial charge in [0.25, 0.3) is 15.9 Å². The predicted molar refractivity (Wildman–Crippen MR) is 143 cm³/mol. The van der Waals surface area contributed by atoms with Crippen LogP contribution in [0.25, 0.3) is 11.1 Å². The molecule has 0 radical (unpaired) electrons. The van der Waals surface area contributed by atoms with Crippen molar-refractivity contribution in [2.75, 3.05) is 4.72 Å². The maximum Gasteiger partial charge on any atom is 0.271 e. The van der Waals surface area contributed by atoms with Gasteiger partial charge in [0, 0.05) is 15.7 Å². The first kappa shape index (κ1) is 24.4. The van der Waals surface area contributed by atoms with Crippen LogP contribution in [0.5, 0.6) is 0 Å². The van der Waals surface area contributed by atoms with E-state index in [0.29, 0.717) is 17.0 Å². The molecule has 35 heavy (non-hydrogen) atoms. The van der Waals surface area contributed by atoms with Gasteiger partial charge in [-0.3, -0.25) is 9.52 Å². The van der Waals surface area contributed by atoms with Gasteiger partial charge < -0.3 is 0 Å². The molecule has 0 saturated carbocycles. The number of carbonyl (C=O) groups excluding carboxylic acids is 1. The van der Waals surface area contributed by atoms with E-state index in [9.17, 15) is 13.2 Å². The Morgan fingerprint density at radius 1 is 0.743 bits per heavy atom. The van der Waals surface area contributed by atoms with E-state index in [1.807, 2.05) is 61.5 Å². The molecule has 0 heterocycles. The highest BCUT2D eigenvalue weighted by molar-refractivity contribution is 9.10. The third-order valence-corrected chi connectivity index (χ3v) is 7.18. The number of hydrogen-bond donors (Lipinski definition) is 2. The highest BCUT2D eigenvalue weighted by Gasteiger charge is 2.14. The van der Waals surface area contributed by atoms with Gasteiger partial charge in [-0.05, 0) is 72.1 Å². The second kappa shape index (κ2) is 10.7. The summed E-state index contributed by atoms with van der Waals surface area (Å²) in [5.74, 6) is -0.396. The fourth-order valence-corrected chi connectivity index (χ4v) is 4.64. The van der Waals surface area contributed by atoms with E-state index in [1.165, 1.54) is 36.4 Å². The molecular weight excluding hydrogens is 526 g/mol. The molecule has 1 amide bonds. The zero-order valence-corrected chi connectivity index (χ0v) is 21.2. The number of amides is 1. The summed E-state index contributed by atoms with van der Waals surface area (Å²) in [7, 11) is -3.73. The largest absolute Gasteiger partial charge is 0.280 e. The van der Waals surface area contributed by atoms with Gasteiger partial charge in [0.2, 0.25) is 0 Å². The summed E-state index contributed by atoms with van der Waals surface area (Å²) < 4.78 is 28.3. The molecule has 0 aromatic heterocycles. The summed E-state index contributed by atoms with van der Waals surface area (Å²) in [6, 6.07) is 30.5. The summed E-state index contributed by atoms with van der Waals surface area (Å²) in [6.07, 6.45) is 0. The van der Waals surface area contributed by atoms with Crippen LogP contribution in [0.2, 0.25) is 0 Å². The maximum atomic E-state index is 12.5. The van der Waals surface area contributed by atoms with Crippen LogP contribution in [-0.4, -0.2) is 20.0 Å². The van der Waals surface area contributed by atoms with Crippen molar-refractivity contribution < 1.29 is 13.2 Å². The molecule has 0 atom stereocenters. The number of nitrogens with zero attached hydrogens (tertiary/aromatic N) is 1. The summed E-state index contributed by atoms with van der Waals surface area (Å²) in [4.78, 5) is 12.7. The molecule has 0 spiro atoms. The van der Waals surface area contributed by atoms with Crippen LogP contribution in [0.1, 0.15) is 22.8 Å². The van der Waals surface area contributed by atoms with Gasteiger partial charge in [-0.25, -0.2) is 13.8 Å². The van der Waals surface area contributed by atoms with Gasteiger partial charge in [0.15, 0.2) is 0 Å². The number of sulfonamides is 1. The van der Waals surface area contributed by atoms with E-state index in [1.54, 1.807) is 12.1 Å². The molecule has 0 aliphatic rings. The van der Waals surface area contributed by atoms with Crippen LogP contribution in [0.3, 0.4) is 0 Å². The van der Waals surface area contributed by atoms with Gasteiger partial charge in [0.1, 0.15) is 0 Å². The fraction of sp³-hybridized carbons (Fsp3) is 0.0370. The summed E-state index contributed by atoms with van der Waals surface area (Å²) >= 11 is 3.28. The normalized spacial score (nSPS) is 11.7. The Morgan fingerprint density at radius 2 is 1.31 bits per heavy atom. The summed E-state index contributed by atoms with van der Waals surface area (Å²) in [5, 5.41) is 4.20. The van der Waals surface area contributed by atoms with E-state index >= 15 is 0 Å². The van der Waals surface area contributed by atoms with Crippen molar-refractivity contribution in [1.29, 1.82) is 0 Å². The number of hydrogen-bond acceptors (Lipinski definition) is 4. The number of nitrogens with one attached hydrogen (secondary N) is 2. The van der Waals surface area contributed by atoms with Crippen molar-refractivity contribution in [3.05, 3.63) is 119 Å². The SMILES string of the molecule is CC(=NNC(=O)c1ccc(NS(=O)(=O)c2ccc(Br)cc2)cc1)c1ccc(-c2ccccc2)cc1. The molecule has 2 N–H and O–H groups in total. The second-order valence-corrected chi connectivity index (χ2v) is 10.3. The van der Waals surface area contributed by atoms with Crippen molar-refractivity contribution in [3.63, 3.8) is 0 Å². The van der Waals surface area contributed by atoms with E-state index in [-0.39, 0.29) is 4.90 Å². The minimum atomic E-state index is -3.73. The van der Waals surface area contributed by atoms with Crippen molar-refractivity contribution >= 4 is 43.3 Å². The first-order chi connectivity index (χ1) is 16.8.